The van der Waals surface area contributed by atoms with Crippen molar-refractivity contribution in [3.63, 3.8) is 0 Å². The Hall–Kier alpha value is -3.61. The number of carbonyl (C=O) groups is 2. The average Bonchev–Trinajstić information content (AvgIpc) is 2.82. The minimum absolute atomic E-state index is 0.0177. The molecule has 0 spiro atoms. The van der Waals surface area contributed by atoms with E-state index in [1.807, 2.05) is 0 Å². The van der Waals surface area contributed by atoms with Gasteiger partial charge in [-0.3, -0.25) is 14.9 Å². The van der Waals surface area contributed by atoms with Gasteiger partial charge >= 0.3 is 12.3 Å². The predicted molar refractivity (Wildman–Crippen MR) is 123 cm³/mol. The lowest BCUT2D eigenvalue weighted by atomic mass is 10.0. The third-order valence-corrected chi connectivity index (χ3v) is 5.67. The number of aromatic amines is 1. The first-order chi connectivity index (χ1) is 16.5. The van der Waals surface area contributed by atoms with Crippen LogP contribution in [-0.2, 0) is 9.53 Å². The molecule has 1 fully saturated rings. The van der Waals surface area contributed by atoms with Gasteiger partial charge < -0.3 is 24.8 Å². The molecule has 2 aromatic rings. The molecule has 0 unspecified atom stereocenters. The van der Waals surface area contributed by atoms with Gasteiger partial charge in [0.2, 0.25) is 11.5 Å². The predicted octanol–water partition coefficient (Wildman–Crippen LogP) is 2.11. The highest BCUT2D eigenvalue weighted by Crippen LogP contribution is 2.33. The summed E-state index contributed by atoms with van der Waals surface area (Å²) < 4.78 is 46.6. The molecule has 13 heteroatoms. The van der Waals surface area contributed by atoms with E-state index in [-0.39, 0.29) is 37.1 Å². The number of aryl methyl sites for hydroxylation is 1. The van der Waals surface area contributed by atoms with Crippen molar-refractivity contribution < 1.29 is 27.5 Å². The summed E-state index contributed by atoms with van der Waals surface area (Å²) in [6, 6.07) is 2.22. The van der Waals surface area contributed by atoms with Gasteiger partial charge in [-0.15, -0.1) is 0 Å². The molecule has 0 saturated carbocycles. The van der Waals surface area contributed by atoms with Gasteiger partial charge in [0.05, 0.1) is 7.11 Å². The second-order valence-corrected chi connectivity index (χ2v) is 8.06. The first kappa shape index (κ1) is 26.0. The highest BCUT2D eigenvalue weighted by atomic mass is 19.4. The number of methoxy groups -OCH3 is 1. The number of piperazine rings is 1. The number of ether oxygens (including phenoxy) is 1. The summed E-state index contributed by atoms with van der Waals surface area (Å²) in [5.74, 6) is -0.231. The van der Waals surface area contributed by atoms with Gasteiger partial charge in [-0.05, 0) is 42.8 Å². The first-order valence-corrected chi connectivity index (χ1v) is 10.9. The second kappa shape index (κ2) is 10.8. The Morgan fingerprint density at radius 3 is 2.66 bits per heavy atom. The number of carbonyl (C=O) groups excluding carboxylic acids is 2. The number of hydrogen-bond donors (Lipinski definition) is 3. The normalized spacial score (nSPS) is 16.2. The smallest absolute Gasteiger partial charge is 0.412 e. The monoisotopic (exact) mass is 496 g/mol. The number of H-pyrrole nitrogens is 1. The minimum Gasteiger partial charge on any atom is -0.453 e. The molecule has 0 radical (unpaired) electrons. The van der Waals surface area contributed by atoms with Gasteiger partial charge in [0.25, 0.3) is 0 Å². The molecular weight excluding hydrogens is 469 g/mol. The molecular formula is C22H27F3N6O4. The molecule has 0 bridgehead atoms. The molecule has 1 aliphatic rings. The molecule has 2 aromatic heterocycles. The van der Waals surface area contributed by atoms with E-state index >= 15 is 0 Å². The molecule has 2 amide bonds. The zero-order chi connectivity index (χ0) is 25.8. The van der Waals surface area contributed by atoms with Crippen LogP contribution >= 0.6 is 0 Å². The average molecular weight is 496 g/mol. The largest absolute Gasteiger partial charge is 0.453 e. The van der Waals surface area contributed by atoms with E-state index in [1.54, 1.807) is 14.0 Å². The lowest BCUT2D eigenvalue weighted by Gasteiger charge is -2.43. The fraction of sp³-hybridized carbons (Fsp3) is 0.455. The molecule has 0 aliphatic carbocycles. The third-order valence-electron chi connectivity index (χ3n) is 5.67. The zero-order valence-corrected chi connectivity index (χ0v) is 19.5. The van der Waals surface area contributed by atoms with Crippen molar-refractivity contribution in [2.24, 2.45) is 0 Å². The molecule has 10 nitrogen and oxygen atoms in total. The lowest BCUT2D eigenvalue weighted by molar-refractivity contribution is -0.161. The van der Waals surface area contributed by atoms with E-state index in [4.69, 9.17) is 0 Å². The molecule has 3 heterocycles. The van der Waals surface area contributed by atoms with Crippen LogP contribution < -0.4 is 21.1 Å². The second-order valence-electron chi connectivity index (χ2n) is 8.06. The van der Waals surface area contributed by atoms with Gasteiger partial charge in [-0.1, -0.05) is 0 Å². The highest BCUT2D eigenvalue weighted by Gasteiger charge is 2.47. The number of nitrogens with one attached hydrogen (secondary N) is 3. The maximum atomic E-state index is 14.0. The molecule has 35 heavy (non-hydrogen) atoms. The zero-order valence-electron chi connectivity index (χ0n) is 19.5. The summed E-state index contributed by atoms with van der Waals surface area (Å²) in [6.45, 7) is 1.52. The SMILES string of the molecule is CNCCC(=O)N1CCN(c2cc(-c3cc(NC(=O)OC)ncc3C)cc(=O)[nH]2)[C@@H](C(F)(F)F)C1. The number of aromatic nitrogens is 2. The summed E-state index contributed by atoms with van der Waals surface area (Å²) in [5.41, 5.74) is 0.905. The number of nitrogens with zero attached hydrogens (tertiary/aromatic N) is 3. The highest BCUT2D eigenvalue weighted by molar-refractivity contribution is 5.85. The van der Waals surface area contributed by atoms with Crippen molar-refractivity contribution in [2.75, 3.05) is 50.6 Å². The van der Waals surface area contributed by atoms with Crippen LogP contribution in [0.3, 0.4) is 0 Å². The number of anilines is 2. The Labute approximate surface area is 199 Å². The van der Waals surface area contributed by atoms with Crippen LogP contribution in [0.4, 0.5) is 29.6 Å². The maximum Gasteiger partial charge on any atom is 0.412 e. The van der Waals surface area contributed by atoms with Crippen LogP contribution in [0.2, 0.25) is 0 Å². The Morgan fingerprint density at radius 2 is 2.00 bits per heavy atom. The fourth-order valence-corrected chi connectivity index (χ4v) is 3.87. The minimum atomic E-state index is -4.64. The molecule has 0 aromatic carbocycles. The Morgan fingerprint density at radius 1 is 1.26 bits per heavy atom. The first-order valence-electron chi connectivity index (χ1n) is 10.9. The summed E-state index contributed by atoms with van der Waals surface area (Å²) in [4.78, 5) is 45.1. The molecule has 190 valence electrons. The molecule has 1 saturated heterocycles. The van der Waals surface area contributed by atoms with E-state index in [0.717, 1.165) is 4.90 Å². The number of pyridine rings is 2. The van der Waals surface area contributed by atoms with Crippen molar-refractivity contribution in [3.8, 4) is 11.1 Å². The Bertz CT molecular complexity index is 1140. The third kappa shape index (κ3) is 6.29. The summed E-state index contributed by atoms with van der Waals surface area (Å²) in [6.07, 6.45) is -3.82. The molecule has 1 atom stereocenters. The van der Waals surface area contributed by atoms with E-state index in [9.17, 15) is 27.6 Å². The Balaban J connectivity index is 1.95. The van der Waals surface area contributed by atoms with Crippen molar-refractivity contribution in [1.29, 1.82) is 0 Å². The van der Waals surface area contributed by atoms with Crippen LogP contribution in [-0.4, -0.2) is 79.4 Å². The fourth-order valence-electron chi connectivity index (χ4n) is 3.87. The number of rotatable bonds is 6. The lowest BCUT2D eigenvalue weighted by Crippen LogP contribution is -2.60. The van der Waals surface area contributed by atoms with Gasteiger partial charge in [0.15, 0.2) is 0 Å². The quantitative estimate of drug-likeness (QED) is 0.560. The summed E-state index contributed by atoms with van der Waals surface area (Å²) in [5, 5.41) is 5.23. The van der Waals surface area contributed by atoms with Gasteiger partial charge in [-0.2, -0.15) is 13.2 Å². The van der Waals surface area contributed by atoms with Gasteiger partial charge in [0, 0.05) is 44.9 Å². The van der Waals surface area contributed by atoms with Gasteiger partial charge in [-0.25, -0.2) is 9.78 Å². The van der Waals surface area contributed by atoms with Crippen molar-refractivity contribution >= 4 is 23.6 Å². The van der Waals surface area contributed by atoms with E-state index in [2.05, 4.69) is 25.3 Å². The van der Waals surface area contributed by atoms with E-state index in [0.29, 0.717) is 23.2 Å². The van der Waals surface area contributed by atoms with Crippen LogP contribution in [0.1, 0.15) is 12.0 Å². The van der Waals surface area contributed by atoms with Crippen LogP contribution in [0.25, 0.3) is 11.1 Å². The topological polar surface area (TPSA) is 120 Å². The van der Waals surface area contributed by atoms with Crippen molar-refractivity contribution in [1.82, 2.24) is 20.2 Å². The van der Waals surface area contributed by atoms with Crippen LogP contribution in [0, 0.1) is 6.92 Å². The van der Waals surface area contributed by atoms with E-state index < -0.39 is 30.4 Å². The number of alkyl halides is 3. The summed E-state index contributed by atoms with van der Waals surface area (Å²) >= 11 is 0. The molecule has 3 rings (SSSR count). The number of halogens is 3. The maximum absolute atomic E-state index is 14.0. The van der Waals surface area contributed by atoms with Crippen LogP contribution in [0.15, 0.2) is 29.2 Å². The molecule has 1 aliphatic heterocycles. The number of hydrogen-bond acceptors (Lipinski definition) is 7. The van der Waals surface area contributed by atoms with Gasteiger partial charge in [0.1, 0.15) is 17.7 Å². The Kier molecular flexibility index (Phi) is 7.99. The van der Waals surface area contributed by atoms with Crippen LogP contribution in [0.5, 0.6) is 0 Å². The standard InChI is InChI=1S/C22H27F3N6O4/c1-13-11-27-17(28-21(34)35-3)10-15(13)14-8-18(29-19(32)9-14)31-7-6-30(20(33)4-5-26-2)12-16(31)22(23,24)25/h8-11,16,26H,4-7,12H2,1-3H3,(H,29,32)(H,27,28,34)/t16-/m1/s1. The van der Waals surface area contributed by atoms with Crippen molar-refractivity contribution in [3.05, 3.63) is 40.3 Å². The van der Waals surface area contributed by atoms with E-state index in [1.165, 1.54) is 36.4 Å². The number of amides is 2. The molecule has 3 N–H and O–H groups in total. The van der Waals surface area contributed by atoms with Crippen molar-refractivity contribution in [2.45, 2.75) is 25.6 Å². The summed E-state index contributed by atoms with van der Waals surface area (Å²) in [7, 11) is 2.85.